The lowest BCUT2D eigenvalue weighted by Crippen LogP contribution is -2.17. The van der Waals surface area contributed by atoms with Gasteiger partial charge >= 0.3 is 0 Å². The van der Waals surface area contributed by atoms with E-state index in [-0.39, 0.29) is 0 Å². The first-order chi connectivity index (χ1) is 9.42. The number of nitrogens with one attached hydrogen (secondary N) is 1. The third kappa shape index (κ3) is 4.03. The minimum absolute atomic E-state index is 0.316. The molecule has 0 radical (unpaired) electrons. The Kier molecular flexibility index (Phi) is 4.49. The Morgan fingerprint density at radius 3 is 2.74 bits per heavy atom. The van der Waals surface area contributed by atoms with Crippen molar-refractivity contribution in [2.45, 2.75) is 51.0 Å². The molecule has 1 N–H and O–H groups in total. The van der Waals surface area contributed by atoms with Crippen molar-refractivity contribution in [2.24, 2.45) is 0 Å². The third-order valence-corrected chi connectivity index (χ3v) is 3.86. The van der Waals surface area contributed by atoms with Crippen LogP contribution < -0.4 is 5.32 Å². The van der Waals surface area contributed by atoms with Crippen LogP contribution in [0.5, 0.6) is 0 Å². The maximum atomic E-state index is 5.81. The van der Waals surface area contributed by atoms with E-state index in [1.54, 1.807) is 0 Å². The topological polar surface area (TPSA) is 30.5 Å². The second-order valence-electron chi connectivity index (χ2n) is 5.57. The van der Waals surface area contributed by atoms with Crippen LogP contribution >= 0.6 is 0 Å². The molecule has 19 heavy (non-hydrogen) atoms. The normalized spacial score (nSPS) is 22.8. The van der Waals surface area contributed by atoms with E-state index in [1.807, 2.05) is 0 Å². The SMILES string of the molecule is c1ccc(COCC2CCCO2)c(CNC2CC2)c1. The lowest BCUT2D eigenvalue weighted by Gasteiger charge is -2.13. The Bertz CT molecular complexity index is 397. The Morgan fingerprint density at radius 1 is 1.16 bits per heavy atom. The fraction of sp³-hybridized carbons (Fsp3) is 0.625. The summed E-state index contributed by atoms with van der Waals surface area (Å²) in [6, 6.07) is 9.30. The van der Waals surface area contributed by atoms with Crippen molar-refractivity contribution in [1.29, 1.82) is 0 Å². The van der Waals surface area contributed by atoms with Crippen LogP contribution in [0.1, 0.15) is 36.8 Å². The summed E-state index contributed by atoms with van der Waals surface area (Å²) in [5.74, 6) is 0. The second kappa shape index (κ2) is 6.51. The molecule has 1 aliphatic carbocycles. The highest BCUT2D eigenvalue weighted by Gasteiger charge is 2.20. The Labute approximate surface area is 115 Å². The molecule has 1 aromatic rings. The largest absolute Gasteiger partial charge is 0.376 e. The number of hydrogen-bond donors (Lipinski definition) is 1. The van der Waals surface area contributed by atoms with E-state index in [2.05, 4.69) is 29.6 Å². The first-order valence-electron chi connectivity index (χ1n) is 7.41. The van der Waals surface area contributed by atoms with Gasteiger partial charge in [0.2, 0.25) is 0 Å². The third-order valence-electron chi connectivity index (χ3n) is 3.86. The van der Waals surface area contributed by atoms with Crippen LogP contribution in [0, 0.1) is 0 Å². The van der Waals surface area contributed by atoms with Crippen molar-refractivity contribution in [3.63, 3.8) is 0 Å². The summed E-state index contributed by atoms with van der Waals surface area (Å²) in [6.45, 7) is 3.28. The molecule has 0 bridgehead atoms. The van der Waals surface area contributed by atoms with E-state index in [9.17, 15) is 0 Å². The standard InChI is InChI=1S/C16H23NO2/c1-2-5-14(11-18-12-16-6-3-9-19-16)13(4-1)10-17-15-7-8-15/h1-2,4-5,15-17H,3,6-12H2. The van der Waals surface area contributed by atoms with Gasteiger partial charge in [-0.05, 0) is 36.8 Å². The van der Waals surface area contributed by atoms with Crippen molar-refractivity contribution in [3.8, 4) is 0 Å². The molecule has 1 heterocycles. The van der Waals surface area contributed by atoms with Crippen molar-refractivity contribution in [1.82, 2.24) is 5.32 Å². The molecule has 2 fully saturated rings. The Hall–Kier alpha value is -0.900. The summed E-state index contributed by atoms with van der Waals surface area (Å²) in [4.78, 5) is 0. The van der Waals surface area contributed by atoms with Gasteiger partial charge in [-0.3, -0.25) is 0 Å². The van der Waals surface area contributed by atoms with Crippen molar-refractivity contribution >= 4 is 0 Å². The van der Waals surface area contributed by atoms with Crippen LogP contribution in [-0.2, 0) is 22.6 Å². The zero-order chi connectivity index (χ0) is 12.9. The smallest absolute Gasteiger partial charge is 0.0809 e. The Morgan fingerprint density at radius 2 is 2.00 bits per heavy atom. The van der Waals surface area contributed by atoms with Gasteiger partial charge in [0.1, 0.15) is 0 Å². The molecule has 0 amide bonds. The van der Waals surface area contributed by atoms with Gasteiger partial charge in [0, 0.05) is 19.2 Å². The van der Waals surface area contributed by atoms with Gasteiger partial charge < -0.3 is 14.8 Å². The molecule has 3 heteroatoms. The van der Waals surface area contributed by atoms with E-state index in [0.717, 1.165) is 32.2 Å². The van der Waals surface area contributed by atoms with Gasteiger partial charge in [-0.1, -0.05) is 24.3 Å². The lowest BCUT2D eigenvalue weighted by atomic mass is 10.1. The first-order valence-corrected chi connectivity index (χ1v) is 7.41. The second-order valence-corrected chi connectivity index (χ2v) is 5.57. The Balaban J connectivity index is 1.47. The maximum Gasteiger partial charge on any atom is 0.0809 e. The molecule has 1 saturated heterocycles. The fourth-order valence-corrected chi connectivity index (χ4v) is 2.49. The van der Waals surface area contributed by atoms with E-state index in [4.69, 9.17) is 9.47 Å². The number of rotatable bonds is 7. The molecule has 104 valence electrons. The predicted octanol–water partition coefficient (Wildman–Crippen LogP) is 2.63. The molecular weight excluding hydrogens is 238 g/mol. The molecule has 2 aliphatic rings. The maximum absolute atomic E-state index is 5.81. The predicted molar refractivity (Wildman–Crippen MR) is 74.9 cm³/mol. The number of hydrogen-bond acceptors (Lipinski definition) is 3. The summed E-state index contributed by atoms with van der Waals surface area (Å²) >= 11 is 0. The van der Waals surface area contributed by atoms with Gasteiger partial charge in [0.05, 0.1) is 19.3 Å². The summed E-state index contributed by atoms with van der Waals surface area (Å²) in [6.07, 6.45) is 5.30. The van der Waals surface area contributed by atoms with Crippen molar-refractivity contribution in [3.05, 3.63) is 35.4 Å². The van der Waals surface area contributed by atoms with Gasteiger partial charge in [-0.25, -0.2) is 0 Å². The summed E-state index contributed by atoms with van der Waals surface area (Å²) in [5, 5.41) is 3.56. The van der Waals surface area contributed by atoms with Crippen LogP contribution in [0.4, 0.5) is 0 Å². The molecule has 3 rings (SSSR count). The van der Waals surface area contributed by atoms with Gasteiger partial charge in [0.15, 0.2) is 0 Å². The van der Waals surface area contributed by atoms with Crippen LogP contribution in [0.15, 0.2) is 24.3 Å². The van der Waals surface area contributed by atoms with Crippen LogP contribution in [-0.4, -0.2) is 25.4 Å². The quantitative estimate of drug-likeness (QED) is 0.818. The highest BCUT2D eigenvalue weighted by Crippen LogP contribution is 2.20. The van der Waals surface area contributed by atoms with Gasteiger partial charge in [-0.15, -0.1) is 0 Å². The van der Waals surface area contributed by atoms with Gasteiger partial charge in [0.25, 0.3) is 0 Å². The van der Waals surface area contributed by atoms with Crippen LogP contribution in [0.25, 0.3) is 0 Å². The van der Waals surface area contributed by atoms with E-state index >= 15 is 0 Å². The molecule has 1 saturated carbocycles. The van der Waals surface area contributed by atoms with E-state index < -0.39 is 0 Å². The number of ether oxygens (including phenoxy) is 2. The monoisotopic (exact) mass is 261 g/mol. The van der Waals surface area contributed by atoms with Gasteiger partial charge in [-0.2, -0.15) is 0 Å². The van der Waals surface area contributed by atoms with Crippen LogP contribution in [0.3, 0.4) is 0 Å². The van der Waals surface area contributed by atoms with E-state index in [0.29, 0.717) is 12.7 Å². The summed E-state index contributed by atoms with van der Waals surface area (Å²) in [7, 11) is 0. The highest BCUT2D eigenvalue weighted by atomic mass is 16.5. The molecule has 0 aromatic heterocycles. The molecule has 1 aliphatic heterocycles. The molecule has 0 spiro atoms. The summed E-state index contributed by atoms with van der Waals surface area (Å²) < 4.78 is 11.4. The zero-order valence-electron chi connectivity index (χ0n) is 11.4. The minimum atomic E-state index is 0.316. The average Bonchev–Trinajstić information content (AvgIpc) is 3.13. The average molecular weight is 261 g/mol. The highest BCUT2D eigenvalue weighted by molar-refractivity contribution is 5.26. The number of benzene rings is 1. The fourth-order valence-electron chi connectivity index (χ4n) is 2.49. The van der Waals surface area contributed by atoms with E-state index in [1.165, 1.54) is 30.4 Å². The lowest BCUT2D eigenvalue weighted by molar-refractivity contribution is 0.0104. The van der Waals surface area contributed by atoms with Crippen LogP contribution in [0.2, 0.25) is 0 Å². The molecule has 3 nitrogen and oxygen atoms in total. The van der Waals surface area contributed by atoms with Crippen molar-refractivity contribution in [2.75, 3.05) is 13.2 Å². The zero-order valence-corrected chi connectivity index (χ0v) is 11.4. The minimum Gasteiger partial charge on any atom is -0.376 e. The molecule has 1 atom stereocenters. The molecule has 1 aromatic carbocycles. The first kappa shape index (κ1) is 13.1. The summed E-state index contributed by atoms with van der Waals surface area (Å²) in [5.41, 5.74) is 2.66. The molecular formula is C16H23NO2. The molecule has 1 unspecified atom stereocenters. The van der Waals surface area contributed by atoms with Crippen molar-refractivity contribution < 1.29 is 9.47 Å².